The Kier molecular flexibility index (Phi) is 3.78. The van der Waals surface area contributed by atoms with Crippen LogP contribution in [0.5, 0.6) is 0 Å². The van der Waals surface area contributed by atoms with Crippen LogP contribution in [-0.4, -0.2) is 5.78 Å². The number of ketones is 1. The Bertz CT molecular complexity index is 408. The van der Waals surface area contributed by atoms with E-state index in [0.29, 0.717) is 11.8 Å². The van der Waals surface area contributed by atoms with Gasteiger partial charge in [0.1, 0.15) is 0 Å². The SMILES string of the molecule is CC(C)Cc1ccc(C=CC(=O)C2CC2)cc1. The minimum atomic E-state index is 0.288. The van der Waals surface area contributed by atoms with Gasteiger partial charge in [0.2, 0.25) is 0 Å². The van der Waals surface area contributed by atoms with E-state index in [1.54, 1.807) is 6.08 Å². The molecule has 0 unspecified atom stereocenters. The standard InChI is InChI=1S/C16H20O/c1-12(2)11-14-5-3-13(4-6-14)7-10-16(17)15-8-9-15/h3-7,10,12,15H,8-9,11H2,1-2H3. The Hall–Kier alpha value is -1.37. The molecule has 0 heterocycles. The lowest BCUT2D eigenvalue weighted by Crippen LogP contribution is -1.94. The molecule has 1 aliphatic rings. The summed E-state index contributed by atoms with van der Waals surface area (Å²) in [5.74, 6) is 1.30. The molecule has 0 N–H and O–H groups in total. The van der Waals surface area contributed by atoms with E-state index in [9.17, 15) is 4.79 Å². The molecule has 2 rings (SSSR count). The van der Waals surface area contributed by atoms with Crippen molar-refractivity contribution in [2.24, 2.45) is 11.8 Å². The van der Waals surface area contributed by atoms with E-state index in [0.717, 1.165) is 24.8 Å². The largest absolute Gasteiger partial charge is 0.295 e. The second-order valence-corrected chi connectivity index (χ2v) is 5.35. The van der Waals surface area contributed by atoms with Crippen molar-refractivity contribution >= 4 is 11.9 Å². The third kappa shape index (κ3) is 3.85. The lowest BCUT2D eigenvalue weighted by Gasteiger charge is -2.04. The zero-order chi connectivity index (χ0) is 12.3. The number of allylic oxidation sites excluding steroid dienone is 1. The number of rotatable bonds is 5. The van der Waals surface area contributed by atoms with Crippen molar-refractivity contribution in [3.05, 3.63) is 41.5 Å². The molecule has 1 aromatic rings. The minimum Gasteiger partial charge on any atom is -0.295 e. The summed E-state index contributed by atoms with van der Waals surface area (Å²) in [6.45, 7) is 4.45. The van der Waals surface area contributed by atoms with Crippen LogP contribution in [0.15, 0.2) is 30.3 Å². The molecule has 17 heavy (non-hydrogen) atoms. The van der Waals surface area contributed by atoms with Crippen molar-refractivity contribution in [2.45, 2.75) is 33.1 Å². The van der Waals surface area contributed by atoms with Gasteiger partial charge in [-0.05, 0) is 42.4 Å². The van der Waals surface area contributed by atoms with Gasteiger partial charge in [-0.15, -0.1) is 0 Å². The van der Waals surface area contributed by atoms with Gasteiger partial charge in [0.15, 0.2) is 5.78 Å². The van der Waals surface area contributed by atoms with E-state index in [-0.39, 0.29) is 5.78 Å². The number of carbonyl (C=O) groups is 1. The molecule has 0 bridgehead atoms. The van der Waals surface area contributed by atoms with Gasteiger partial charge in [-0.3, -0.25) is 4.79 Å². The van der Waals surface area contributed by atoms with Crippen LogP contribution in [0.25, 0.3) is 6.08 Å². The Balaban J connectivity index is 1.95. The minimum absolute atomic E-state index is 0.288. The van der Waals surface area contributed by atoms with Crippen LogP contribution in [0.4, 0.5) is 0 Å². The number of benzene rings is 1. The Morgan fingerprint density at radius 2 is 1.94 bits per heavy atom. The first-order valence-corrected chi connectivity index (χ1v) is 6.46. The highest BCUT2D eigenvalue weighted by atomic mass is 16.1. The fourth-order valence-corrected chi connectivity index (χ4v) is 1.92. The van der Waals surface area contributed by atoms with Crippen molar-refractivity contribution in [3.63, 3.8) is 0 Å². The molecule has 1 aromatic carbocycles. The summed E-state index contributed by atoms with van der Waals surface area (Å²) in [5, 5.41) is 0. The van der Waals surface area contributed by atoms with Gasteiger partial charge < -0.3 is 0 Å². The van der Waals surface area contributed by atoms with Crippen LogP contribution in [0.3, 0.4) is 0 Å². The average molecular weight is 228 g/mol. The molecule has 0 aliphatic heterocycles. The summed E-state index contributed by atoms with van der Waals surface area (Å²) in [4.78, 5) is 11.5. The fraction of sp³-hybridized carbons (Fsp3) is 0.438. The molecule has 0 saturated heterocycles. The Morgan fingerprint density at radius 3 is 2.47 bits per heavy atom. The zero-order valence-corrected chi connectivity index (χ0v) is 10.6. The van der Waals surface area contributed by atoms with E-state index in [4.69, 9.17) is 0 Å². The van der Waals surface area contributed by atoms with Crippen molar-refractivity contribution in [1.82, 2.24) is 0 Å². The Morgan fingerprint density at radius 1 is 1.29 bits per heavy atom. The van der Waals surface area contributed by atoms with E-state index >= 15 is 0 Å². The number of hydrogen-bond acceptors (Lipinski definition) is 1. The predicted molar refractivity (Wildman–Crippen MR) is 71.7 cm³/mol. The molecular formula is C16H20O. The number of hydrogen-bond donors (Lipinski definition) is 0. The smallest absolute Gasteiger partial charge is 0.158 e. The van der Waals surface area contributed by atoms with Crippen molar-refractivity contribution in [2.75, 3.05) is 0 Å². The summed E-state index contributed by atoms with van der Waals surface area (Å²) in [6.07, 6.45) is 6.94. The number of carbonyl (C=O) groups excluding carboxylic acids is 1. The molecule has 0 radical (unpaired) electrons. The molecule has 1 saturated carbocycles. The molecule has 0 spiro atoms. The van der Waals surface area contributed by atoms with Crippen LogP contribution in [0, 0.1) is 11.8 Å². The van der Waals surface area contributed by atoms with Gasteiger partial charge in [-0.2, -0.15) is 0 Å². The van der Waals surface area contributed by atoms with E-state index in [1.165, 1.54) is 5.56 Å². The van der Waals surface area contributed by atoms with Crippen LogP contribution < -0.4 is 0 Å². The van der Waals surface area contributed by atoms with Crippen molar-refractivity contribution < 1.29 is 4.79 Å². The summed E-state index contributed by atoms with van der Waals surface area (Å²) >= 11 is 0. The van der Waals surface area contributed by atoms with Gasteiger partial charge >= 0.3 is 0 Å². The Labute approximate surface area is 104 Å². The fourth-order valence-electron chi connectivity index (χ4n) is 1.92. The van der Waals surface area contributed by atoms with Crippen molar-refractivity contribution in [1.29, 1.82) is 0 Å². The van der Waals surface area contributed by atoms with Gasteiger partial charge in [0.05, 0.1) is 0 Å². The first-order valence-electron chi connectivity index (χ1n) is 6.46. The maximum Gasteiger partial charge on any atom is 0.158 e. The molecular weight excluding hydrogens is 208 g/mol. The lowest BCUT2D eigenvalue weighted by atomic mass is 10.0. The zero-order valence-electron chi connectivity index (χ0n) is 10.6. The predicted octanol–water partition coefficient (Wildman–Crippen LogP) is 3.88. The molecule has 90 valence electrons. The summed E-state index contributed by atoms with van der Waals surface area (Å²) in [5.41, 5.74) is 2.48. The van der Waals surface area contributed by atoms with Crippen LogP contribution >= 0.6 is 0 Å². The van der Waals surface area contributed by atoms with E-state index < -0.39 is 0 Å². The maximum absolute atomic E-state index is 11.5. The van der Waals surface area contributed by atoms with Crippen LogP contribution in [0.2, 0.25) is 0 Å². The second kappa shape index (κ2) is 5.31. The third-order valence-electron chi connectivity index (χ3n) is 3.04. The average Bonchev–Trinajstić information content (AvgIpc) is 3.11. The topological polar surface area (TPSA) is 17.1 Å². The molecule has 0 amide bonds. The maximum atomic E-state index is 11.5. The molecule has 1 aliphatic carbocycles. The first-order chi connectivity index (χ1) is 8.15. The monoisotopic (exact) mass is 228 g/mol. The lowest BCUT2D eigenvalue weighted by molar-refractivity contribution is -0.115. The van der Waals surface area contributed by atoms with Gasteiger partial charge in [-0.25, -0.2) is 0 Å². The highest BCUT2D eigenvalue weighted by molar-refractivity contribution is 5.96. The summed E-state index contributed by atoms with van der Waals surface area (Å²) in [7, 11) is 0. The normalized spacial score (nSPS) is 15.7. The van der Waals surface area contributed by atoms with Crippen molar-refractivity contribution in [3.8, 4) is 0 Å². The highest BCUT2D eigenvalue weighted by Crippen LogP contribution is 2.30. The van der Waals surface area contributed by atoms with Crippen LogP contribution in [-0.2, 0) is 11.2 Å². The van der Waals surface area contributed by atoms with Gasteiger partial charge in [-0.1, -0.05) is 44.2 Å². The third-order valence-corrected chi connectivity index (χ3v) is 3.04. The molecule has 1 nitrogen and oxygen atoms in total. The molecule has 0 atom stereocenters. The quantitative estimate of drug-likeness (QED) is 0.699. The molecule has 0 aromatic heterocycles. The van der Waals surface area contributed by atoms with E-state index in [1.807, 2.05) is 6.08 Å². The highest BCUT2D eigenvalue weighted by Gasteiger charge is 2.27. The second-order valence-electron chi connectivity index (χ2n) is 5.35. The molecule has 1 fully saturated rings. The van der Waals surface area contributed by atoms with Gasteiger partial charge in [0.25, 0.3) is 0 Å². The van der Waals surface area contributed by atoms with Gasteiger partial charge in [0, 0.05) is 5.92 Å². The first kappa shape index (κ1) is 12.1. The summed E-state index contributed by atoms with van der Waals surface area (Å²) in [6, 6.07) is 8.49. The van der Waals surface area contributed by atoms with Crippen LogP contribution in [0.1, 0.15) is 37.8 Å². The summed E-state index contributed by atoms with van der Waals surface area (Å²) < 4.78 is 0. The molecule has 1 heteroatoms. The van der Waals surface area contributed by atoms with E-state index in [2.05, 4.69) is 38.1 Å².